The molecule has 0 radical (unpaired) electrons. The van der Waals surface area contributed by atoms with Crippen molar-refractivity contribution in [2.75, 3.05) is 18.6 Å². The van der Waals surface area contributed by atoms with Crippen LogP contribution in [0.2, 0.25) is 0 Å². The topological polar surface area (TPSA) is 55.4 Å². The van der Waals surface area contributed by atoms with Gasteiger partial charge in [0.2, 0.25) is 6.41 Å². The van der Waals surface area contributed by atoms with Crippen molar-refractivity contribution >= 4 is 24.1 Å². The molecular formula is C8H15NO3S. The minimum Gasteiger partial charge on any atom is -0.464 e. The highest BCUT2D eigenvalue weighted by atomic mass is 32.2. The summed E-state index contributed by atoms with van der Waals surface area (Å²) in [6.45, 7) is 2.08. The Morgan fingerprint density at radius 3 is 2.85 bits per heavy atom. The molecule has 0 saturated heterocycles. The second-order valence-electron chi connectivity index (χ2n) is 2.37. The van der Waals surface area contributed by atoms with Gasteiger partial charge < -0.3 is 10.1 Å². The van der Waals surface area contributed by atoms with E-state index in [0.717, 1.165) is 5.75 Å². The van der Waals surface area contributed by atoms with Crippen LogP contribution in [0.15, 0.2) is 0 Å². The van der Waals surface area contributed by atoms with Crippen LogP contribution in [0.25, 0.3) is 0 Å². The largest absolute Gasteiger partial charge is 0.464 e. The number of hydrogen-bond donors (Lipinski definition) is 1. The molecule has 0 aromatic carbocycles. The van der Waals surface area contributed by atoms with Crippen LogP contribution >= 0.6 is 11.8 Å². The number of amides is 1. The van der Waals surface area contributed by atoms with Gasteiger partial charge in [0.15, 0.2) is 0 Å². The zero-order chi connectivity index (χ0) is 10.1. The highest BCUT2D eigenvalue weighted by Gasteiger charge is 2.17. The first-order valence-electron chi connectivity index (χ1n) is 4.11. The molecule has 0 bridgehead atoms. The van der Waals surface area contributed by atoms with Crippen LogP contribution in [0, 0.1) is 0 Å². The molecule has 0 aromatic heterocycles. The molecule has 1 N–H and O–H groups in total. The fraction of sp³-hybridized carbons (Fsp3) is 0.750. The van der Waals surface area contributed by atoms with Crippen LogP contribution in [0.1, 0.15) is 13.3 Å². The summed E-state index contributed by atoms with van der Waals surface area (Å²) in [7, 11) is 0. The quantitative estimate of drug-likeness (QED) is 0.483. The van der Waals surface area contributed by atoms with E-state index in [-0.39, 0.29) is 5.97 Å². The molecule has 0 heterocycles. The number of carbonyl (C=O) groups is 2. The highest BCUT2D eigenvalue weighted by molar-refractivity contribution is 7.98. The molecular weight excluding hydrogens is 190 g/mol. The number of hydrogen-bond acceptors (Lipinski definition) is 4. The van der Waals surface area contributed by atoms with Crippen molar-refractivity contribution in [1.29, 1.82) is 0 Å². The zero-order valence-electron chi connectivity index (χ0n) is 7.91. The summed E-state index contributed by atoms with van der Waals surface area (Å²) in [5.41, 5.74) is 0. The van der Waals surface area contributed by atoms with Gasteiger partial charge in [-0.2, -0.15) is 11.8 Å². The molecule has 0 rings (SSSR count). The van der Waals surface area contributed by atoms with Crippen LogP contribution in [0.3, 0.4) is 0 Å². The first kappa shape index (κ1) is 12.3. The first-order valence-corrected chi connectivity index (χ1v) is 5.50. The Morgan fingerprint density at radius 1 is 1.69 bits per heavy atom. The van der Waals surface area contributed by atoms with Gasteiger partial charge in [0.25, 0.3) is 0 Å². The Hall–Kier alpha value is -0.710. The predicted molar refractivity (Wildman–Crippen MR) is 52.6 cm³/mol. The van der Waals surface area contributed by atoms with Crippen molar-refractivity contribution in [2.45, 2.75) is 19.4 Å². The minimum absolute atomic E-state index is 0.342. The van der Waals surface area contributed by atoms with Crippen LogP contribution in [-0.4, -0.2) is 37.0 Å². The maximum atomic E-state index is 11.2. The van der Waals surface area contributed by atoms with E-state index in [2.05, 4.69) is 5.32 Å². The number of carbonyl (C=O) groups excluding carboxylic acids is 2. The van der Waals surface area contributed by atoms with Crippen molar-refractivity contribution in [3.8, 4) is 0 Å². The van der Waals surface area contributed by atoms with Gasteiger partial charge in [-0.25, -0.2) is 4.79 Å². The van der Waals surface area contributed by atoms with Gasteiger partial charge >= 0.3 is 5.97 Å². The lowest BCUT2D eigenvalue weighted by molar-refractivity contribution is -0.146. The van der Waals surface area contributed by atoms with Crippen LogP contribution in [-0.2, 0) is 14.3 Å². The van der Waals surface area contributed by atoms with Gasteiger partial charge in [-0.1, -0.05) is 0 Å². The van der Waals surface area contributed by atoms with Gasteiger partial charge in [0, 0.05) is 0 Å². The second-order valence-corrected chi connectivity index (χ2v) is 3.36. The Morgan fingerprint density at radius 2 is 2.38 bits per heavy atom. The third-order valence-corrected chi connectivity index (χ3v) is 2.09. The fourth-order valence-corrected chi connectivity index (χ4v) is 1.30. The molecule has 0 aliphatic heterocycles. The maximum absolute atomic E-state index is 11.2. The van der Waals surface area contributed by atoms with Gasteiger partial charge in [-0.05, 0) is 25.4 Å². The number of ether oxygens (including phenoxy) is 1. The Labute approximate surface area is 82.4 Å². The van der Waals surface area contributed by atoms with Crippen molar-refractivity contribution in [1.82, 2.24) is 5.32 Å². The van der Waals surface area contributed by atoms with E-state index in [1.807, 2.05) is 6.26 Å². The van der Waals surface area contributed by atoms with Gasteiger partial charge in [0.1, 0.15) is 6.04 Å². The summed E-state index contributed by atoms with van der Waals surface area (Å²) in [5.74, 6) is 0.466. The van der Waals surface area contributed by atoms with Gasteiger partial charge in [-0.3, -0.25) is 4.79 Å². The van der Waals surface area contributed by atoms with E-state index in [4.69, 9.17) is 4.74 Å². The molecule has 0 aromatic rings. The Balaban J connectivity index is 3.90. The Bertz CT molecular complexity index is 163. The monoisotopic (exact) mass is 205 g/mol. The molecule has 0 saturated carbocycles. The smallest absolute Gasteiger partial charge is 0.328 e. The molecule has 76 valence electrons. The first-order chi connectivity index (χ1) is 6.26. The number of esters is 1. The van der Waals surface area contributed by atoms with Crippen molar-refractivity contribution in [3.63, 3.8) is 0 Å². The molecule has 13 heavy (non-hydrogen) atoms. The third kappa shape index (κ3) is 5.52. The Kier molecular flexibility index (Phi) is 7.48. The predicted octanol–water partition coefficient (Wildman–Crippen LogP) is 0.417. The third-order valence-electron chi connectivity index (χ3n) is 1.45. The summed E-state index contributed by atoms with van der Waals surface area (Å²) < 4.78 is 4.78. The summed E-state index contributed by atoms with van der Waals surface area (Å²) in [6, 6.07) is -0.495. The molecule has 1 atom stereocenters. The molecule has 0 aliphatic rings. The normalized spacial score (nSPS) is 11.8. The lowest BCUT2D eigenvalue weighted by Gasteiger charge is -2.13. The van der Waals surface area contributed by atoms with Crippen LogP contribution < -0.4 is 5.32 Å². The molecule has 0 spiro atoms. The molecule has 1 unspecified atom stereocenters. The van der Waals surface area contributed by atoms with Gasteiger partial charge in [-0.15, -0.1) is 0 Å². The van der Waals surface area contributed by atoms with E-state index in [0.29, 0.717) is 19.4 Å². The molecule has 5 heteroatoms. The summed E-state index contributed by atoms with van der Waals surface area (Å²) in [6.07, 6.45) is 3.09. The van der Waals surface area contributed by atoms with E-state index >= 15 is 0 Å². The van der Waals surface area contributed by atoms with Crippen molar-refractivity contribution in [2.24, 2.45) is 0 Å². The fourth-order valence-electron chi connectivity index (χ4n) is 0.830. The van der Waals surface area contributed by atoms with Crippen LogP contribution in [0.4, 0.5) is 0 Å². The average molecular weight is 205 g/mol. The number of rotatable bonds is 7. The summed E-state index contributed by atoms with van der Waals surface area (Å²) in [4.78, 5) is 21.3. The van der Waals surface area contributed by atoms with Gasteiger partial charge in [0.05, 0.1) is 6.61 Å². The van der Waals surface area contributed by atoms with Crippen molar-refractivity contribution < 1.29 is 14.3 Å². The lowest BCUT2D eigenvalue weighted by atomic mass is 10.2. The van der Waals surface area contributed by atoms with E-state index < -0.39 is 6.04 Å². The molecule has 4 nitrogen and oxygen atoms in total. The number of nitrogens with one attached hydrogen (secondary N) is 1. The standard InChI is InChI=1S/C8H15NO3S/c1-3-12-8(11)7(9-6-10)4-5-13-2/h6-7H,3-5H2,1-2H3,(H,9,10). The van der Waals surface area contributed by atoms with Crippen LogP contribution in [0.5, 0.6) is 0 Å². The van der Waals surface area contributed by atoms with E-state index in [1.165, 1.54) is 0 Å². The summed E-state index contributed by atoms with van der Waals surface area (Å²) >= 11 is 1.63. The van der Waals surface area contributed by atoms with E-state index in [9.17, 15) is 9.59 Å². The average Bonchev–Trinajstić information content (AvgIpc) is 2.12. The minimum atomic E-state index is -0.495. The zero-order valence-corrected chi connectivity index (χ0v) is 8.73. The molecule has 1 amide bonds. The molecule has 0 fully saturated rings. The maximum Gasteiger partial charge on any atom is 0.328 e. The van der Waals surface area contributed by atoms with Crippen molar-refractivity contribution in [3.05, 3.63) is 0 Å². The van der Waals surface area contributed by atoms with E-state index in [1.54, 1.807) is 18.7 Å². The number of thioether (sulfide) groups is 1. The summed E-state index contributed by atoms with van der Waals surface area (Å²) in [5, 5.41) is 2.43. The SMILES string of the molecule is CCOC(=O)C(CCSC)NC=O. The second kappa shape index (κ2) is 7.91. The lowest BCUT2D eigenvalue weighted by Crippen LogP contribution is -2.37. The molecule has 0 aliphatic carbocycles. The highest BCUT2D eigenvalue weighted by Crippen LogP contribution is 2.01.